The molecule has 270 valence electrons. The van der Waals surface area contributed by atoms with Crippen molar-refractivity contribution in [1.82, 2.24) is 20.1 Å². The lowest BCUT2D eigenvalue weighted by Gasteiger charge is -2.33. The van der Waals surface area contributed by atoms with Crippen LogP contribution in [0.1, 0.15) is 63.3 Å². The molecule has 5 rings (SSSR count). The molecule has 0 atom stereocenters. The van der Waals surface area contributed by atoms with Gasteiger partial charge in [0.05, 0.1) is 49.6 Å². The quantitative estimate of drug-likeness (QED) is 0.159. The fourth-order valence-electron chi connectivity index (χ4n) is 5.89. The standard InChI is InChI=1S/C36H45ClN4O8S/c1-23-19-24(37)20-28(27-7-11-38-29-21-26(50-34(27)29)22-41-31(43)5-6-32(41)44)33(23)48-25-8-13-40(14-9-25)30(42)10-15-46-17-18-47-16-12-39-35(45)49-36(2,3)4/h7,11,19-21,25H,5-6,8-10,12-18,22H2,1-4H3,(H,39,45). The van der Waals surface area contributed by atoms with Gasteiger partial charge in [-0.3, -0.25) is 24.3 Å². The normalized spacial score (nSPS) is 15.6. The van der Waals surface area contributed by atoms with Crippen molar-refractivity contribution in [1.29, 1.82) is 0 Å². The second-order valence-electron chi connectivity index (χ2n) is 13.4. The van der Waals surface area contributed by atoms with Crippen molar-refractivity contribution in [3.05, 3.63) is 45.9 Å². The van der Waals surface area contributed by atoms with Crippen LogP contribution in [0, 0.1) is 6.92 Å². The molecule has 0 aliphatic carbocycles. The van der Waals surface area contributed by atoms with E-state index in [0.717, 1.165) is 37.5 Å². The van der Waals surface area contributed by atoms with Crippen LogP contribution in [0.5, 0.6) is 5.75 Å². The number of likely N-dealkylation sites (tertiary alicyclic amines) is 2. The Hall–Kier alpha value is -3.78. The summed E-state index contributed by atoms with van der Waals surface area (Å²) >= 11 is 8.07. The van der Waals surface area contributed by atoms with Crippen LogP contribution in [0.25, 0.3) is 21.3 Å². The summed E-state index contributed by atoms with van der Waals surface area (Å²) in [5.41, 5.74) is 2.90. The first kappa shape index (κ1) is 37.5. The first-order valence-corrected chi connectivity index (χ1v) is 18.2. The summed E-state index contributed by atoms with van der Waals surface area (Å²) in [4.78, 5) is 57.6. The van der Waals surface area contributed by atoms with E-state index in [2.05, 4.69) is 10.3 Å². The molecule has 2 aromatic heterocycles. The summed E-state index contributed by atoms with van der Waals surface area (Å²) in [6.07, 6.45) is 3.35. The Bertz CT molecular complexity index is 1680. The Morgan fingerprint density at radius 3 is 2.40 bits per heavy atom. The molecule has 0 unspecified atom stereocenters. The van der Waals surface area contributed by atoms with E-state index in [-0.39, 0.29) is 49.6 Å². The number of halogens is 1. The number of hydrogen-bond acceptors (Lipinski definition) is 10. The molecule has 2 aliphatic rings. The van der Waals surface area contributed by atoms with Crippen LogP contribution in [-0.4, -0.2) is 96.4 Å². The number of carbonyl (C=O) groups excluding carboxylic acids is 4. The number of benzene rings is 1. The summed E-state index contributed by atoms with van der Waals surface area (Å²) in [6.45, 7) is 10.5. The average Bonchev–Trinajstić information content (AvgIpc) is 3.62. The molecule has 2 fully saturated rings. The zero-order valence-electron chi connectivity index (χ0n) is 29.1. The lowest BCUT2D eigenvalue weighted by atomic mass is 10.0. The molecule has 0 bridgehead atoms. The predicted octanol–water partition coefficient (Wildman–Crippen LogP) is 5.89. The number of aryl methyl sites for hydroxylation is 1. The number of amides is 4. The first-order valence-electron chi connectivity index (χ1n) is 17.0. The third-order valence-electron chi connectivity index (χ3n) is 8.29. The maximum atomic E-state index is 12.9. The summed E-state index contributed by atoms with van der Waals surface area (Å²) in [6, 6.07) is 7.65. The third-order valence-corrected chi connectivity index (χ3v) is 9.65. The molecule has 2 aliphatic heterocycles. The molecule has 4 amide bonds. The highest BCUT2D eigenvalue weighted by Gasteiger charge is 2.30. The maximum Gasteiger partial charge on any atom is 0.407 e. The van der Waals surface area contributed by atoms with Crippen LogP contribution < -0.4 is 10.1 Å². The van der Waals surface area contributed by atoms with Crippen molar-refractivity contribution in [3.63, 3.8) is 0 Å². The predicted molar refractivity (Wildman–Crippen MR) is 190 cm³/mol. The van der Waals surface area contributed by atoms with Gasteiger partial charge in [0.1, 0.15) is 17.5 Å². The highest BCUT2D eigenvalue weighted by molar-refractivity contribution is 7.19. The smallest absolute Gasteiger partial charge is 0.407 e. The third kappa shape index (κ3) is 10.1. The summed E-state index contributed by atoms with van der Waals surface area (Å²) in [5.74, 6) is 0.488. The molecule has 3 aromatic rings. The highest BCUT2D eigenvalue weighted by Crippen LogP contribution is 2.42. The second-order valence-corrected chi connectivity index (χ2v) is 14.9. The van der Waals surface area contributed by atoms with E-state index < -0.39 is 11.7 Å². The average molecular weight is 729 g/mol. The number of fused-ring (bicyclic) bond motifs is 1. The van der Waals surface area contributed by atoms with Crippen LogP contribution in [0.2, 0.25) is 5.02 Å². The van der Waals surface area contributed by atoms with Gasteiger partial charge in [-0.25, -0.2) is 4.79 Å². The lowest BCUT2D eigenvalue weighted by Crippen LogP contribution is -2.42. The number of rotatable bonds is 14. The van der Waals surface area contributed by atoms with Gasteiger partial charge in [0.15, 0.2) is 0 Å². The number of carbonyl (C=O) groups is 4. The minimum absolute atomic E-state index is 0.0410. The molecular weight excluding hydrogens is 684 g/mol. The zero-order chi connectivity index (χ0) is 35.8. The lowest BCUT2D eigenvalue weighted by molar-refractivity contribution is -0.139. The highest BCUT2D eigenvalue weighted by atomic mass is 35.5. The number of aromatic nitrogens is 1. The Labute approximate surface area is 301 Å². The minimum atomic E-state index is -0.546. The number of nitrogens with zero attached hydrogens (tertiary/aromatic N) is 3. The second kappa shape index (κ2) is 17.0. The van der Waals surface area contributed by atoms with Gasteiger partial charge in [-0.1, -0.05) is 11.6 Å². The number of nitrogens with one attached hydrogen (secondary N) is 1. The molecule has 50 heavy (non-hydrogen) atoms. The molecule has 2 saturated heterocycles. The van der Waals surface area contributed by atoms with Gasteiger partial charge in [0, 0.05) is 72.5 Å². The van der Waals surface area contributed by atoms with Crippen LogP contribution >= 0.6 is 22.9 Å². The van der Waals surface area contributed by atoms with Crippen molar-refractivity contribution in [2.45, 2.75) is 78.0 Å². The van der Waals surface area contributed by atoms with Gasteiger partial charge >= 0.3 is 6.09 Å². The van der Waals surface area contributed by atoms with Gasteiger partial charge < -0.3 is 29.2 Å². The Balaban J connectivity index is 1.09. The fraction of sp³-hybridized carbons (Fsp3) is 0.528. The monoisotopic (exact) mass is 728 g/mol. The number of alkyl carbamates (subject to hydrolysis) is 1. The Morgan fingerprint density at radius 1 is 1.00 bits per heavy atom. The van der Waals surface area contributed by atoms with E-state index in [1.54, 1.807) is 27.0 Å². The Morgan fingerprint density at radius 2 is 1.70 bits per heavy atom. The molecular formula is C36H45ClN4O8S. The van der Waals surface area contributed by atoms with Gasteiger partial charge in [-0.15, -0.1) is 11.3 Å². The molecule has 14 heteroatoms. The van der Waals surface area contributed by atoms with Crippen LogP contribution in [0.3, 0.4) is 0 Å². The largest absolute Gasteiger partial charge is 0.489 e. The van der Waals surface area contributed by atoms with Crippen LogP contribution in [0.4, 0.5) is 4.79 Å². The molecule has 0 spiro atoms. The fourth-order valence-corrected chi connectivity index (χ4v) is 7.29. The van der Waals surface area contributed by atoms with Crippen molar-refractivity contribution >= 4 is 57.0 Å². The van der Waals surface area contributed by atoms with Crippen molar-refractivity contribution in [2.75, 3.05) is 46.1 Å². The van der Waals surface area contributed by atoms with Gasteiger partial charge in [-0.2, -0.15) is 0 Å². The molecule has 4 heterocycles. The van der Waals surface area contributed by atoms with E-state index in [0.29, 0.717) is 63.9 Å². The number of hydrogen-bond donors (Lipinski definition) is 1. The molecule has 12 nitrogen and oxygen atoms in total. The topological polar surface area (TPSA) is 137 Å². The van der Waals surface area contributed by atoms with E-state index in [1.165, 1.54) is 16.2 Å². The van der Waals surface area contributed by atoms with Gasteiger partial charge in [-0.05, 0) is 57.5 Å². The summed E-state index contributed by atoms with van der Waals surface area (Å²) in [7, 11) is 0. The number of thiophene rings is 1. The molecule has 0 saturated carbocycles. The molecule has 0 radical (unpaired) electrons. The Kier molecular flexibility index (Phi) is 12.7. The number of pyridine rings is 1. The minimum Gasteiger partial charge on any atom is -0.489 e. The molecule has 1 aromatic carbocycles. The van der Waals surface area contributed by atoms with Gasteiger partial charge in [0.2, 0.25) is 17.7 Å². The summed E-state index contributed by atoms with van der Waals surface area (Å²) < 4.78 is 23.8. The molecule has 1 N–H and O–H groups in total. The van der Waals surface area contributed by atoms with Crippen molar-refractivity contribution in [2.24, 2.45) is 0 Å². The zero-order valence-corrected chi connectivity index (χ0v) is 30.6. The van der Waals surface area contributed by atoms with Crippen LogP contribution in [0.15, 0.2) is 30.5 Å². The van der Waals surface area contributed by atoms with Crippen molar-refractivity contribution < 1.29 is 38.1 Å². The number of piperidine rings is 1. The summed E-state index contributed by atoms with van der Waals surface area (Å²) in [5, 5.41) is 3.22. The first-order chi connectivity index (χ1) is 23.9. The van der Waals surface area contributed by atoms with E-state index >= 15 is 0 Å². The van der Waals surface area contributed by atoms with Crippen LogP contribution in [-0.2, 0) is 35.1 Å². The van der Waals surface area contributed by atoms with Gasteiger partial charge in [0.25, 0.3) is 0 Å². The number of ether oxygens (including phenoxy) is 4. The van der Waals surface area contributed by atoms with E-state index in [1.807, 2.05) is 36.1 Å². The number of imide groups is 1. The van der Waals surface area contributed by atoms with Crippen molar-refractivity contribution in [3.8, 4) is 16.9 Å². The van der Waals surface area contributed by atoms with E-state index in [4.69, 9.17) is 30.5 Å². The van der Waals surface area contributed by atoms with E-state index in [9.17, 15) is 19.2 Å². The maximum absolute atomic E-state index is 12.9. The SMILES string of the molecule is Cc1cc(Cl)cc(-c2ccnc3cc(CN4C(=O)CCC4=O)sc23)c1OC1CCN(C(=O)CCOCCOCCNC(=O)OC(C)(C)C)CC1.